The number of benzene rings is 2. The molecule has 0 unspecified atom stereocenters. The van der Waals surface area contributed by atoms with Crippen LogP contribution in [0.3, 0.4) is 0 Å². The Kier molecular flexibility index (Phi) is 7.28. The van der Waals surface area contributed by atoms with Gasteiger partial charge in [0.1, 0.15) is 0 Å². The summed E-state index contributed by atoms with van der Waals surface area (Å²) in [5.74, 6) is -0.628. The number of amides is 2. The minimum Gasteiger partial charge on any atom is -0.502 e. The summed E-state index contributed by atoms with van der Waals surface area (Å²) >= 11 is 1.12. The molecule has 11 nitrogen and oxygen atoms in total. The summed E-state index contributed by atoms with van der Waals surface area (Å²) in [6.07, 6.45) is 0. The maximum atomic E-state index is 12.5. The first-order chi connectivity index (χ1) is 15.7. The van der Waals surface area contributed by atoms with Crippen molar-refractivity contribution in [2.75, 3.05) is 11.1 Å². The summed E-state index contributed by atoms with van der Waals surface area (Å²) in [5, 5.41) is 34.5. The fraction of sp³-hybridized carbons (Fsp3) is 0.238. The second kappa shape index (κ2) is 10.1. The van der Waals surface area contributed by atoms with Gasteiger partial charge in [-0.15, -0.1) is 10.2 Å². The van der Waals surface area contributed by atoms with E-state index < -0.39 is 28.3 Å². The van der Waals surface area contributed by atoms with Crippen LogP contribution in [0.4, 0.5) is 11.4 Å². The highest BCUT2D eigenvalue weighted by Gasteiger charge is 2.20. The van der Waals surface area contributed by atoms with E-state index in [4.69, 9.17) is 0 Å². The number of nitrogens with zero attached hydrogens (tertiary/aromatic N) is 4. The molecule has 1 heterocycles. The van der Waals surface area contributed by atoms with Crippen molar-refractivity contribution in [3.8, 4) is 5.75 Å². The maximum absolute atomic E-state index is 12.5. The molecule has 2 amide bonds. The van der Waals surface area contributed by atoms with Gasteiger partial charge in [-0.2, -0.15) is 0 Å². The highest BCUT2D eigenvalue weighted by molar-refractivity contribution is 7.99. The summed E-state index contributed by atoms with van der Waals surface area (Å²) in [6.45, 7) is 3.70. The zero-order valence-corrected chi connectivity index (χ0v) is 18.9. The van der Waals surface area contributed by atoms with Gasteiger partial charge in [-0.25, -0.2) is 0 Å². The SMILES string of the molecule is Cc1cccc(C(=O)N[C@H](C)c2nnc(SCC(=O)Nc3ccc(O)c([N+](=O)[O-])c3)n2C)c1. The average molecular weight is 471 g/mol. The first kappa shape index (κ1) is 23.7. The van der Waals surface area contributed by atoms with E-state index in [1.54, 1.807) is 30.7 Å². The number of aryl methyl sites for hydroxylation is 1. The van der Waals surface area contributed by atoms with Crippen LogP contribution in [0.5, 0.6) is 5.75 Å². The van der Waals surface area contributed by atoms with E-state index in [2.05, 4.69) is 20.8 Å². The number of nitrogens with one attached hydrogen (secondary N) is 2. The Morgan fingerprint density at radius 1 is 1.24 bits per heavy atom. The molecule has 1 atom stereocenters. The maximum Gasteiger partial charge on any atom is 0.312 e. The van der Waals surface area contributed by atoms with Crippen LogP contribution in [0.15, 0.2) is 47.6 Å². The van der Waals surface area contributed by atoms with E-state index in [1.807, 2.05) is 19.1 Å². The second-order valence-electron chi connectivity index (χ2n) is 7.26. The second-order valence-corrected chi connectivity index (χ2v) is 8.20. The third-order valence-corrected chi connectivity index (χ3v) is 5.69. The van der Waals surface area contributed by atoms with E-state index in [9.17, 15) is 24.8 Å². The summed E-state index contributed by atoms with van der Waals surface area (Å²) in [5.41, 5.74) is 1.22. The van der Waals surface area contributed by atoms with Crippen LogP contribution in [0.2, 0.25) is 0 Å². The molecule has 0 saturated heterocycles. The van der Waals surface area contributed by atoms with E-state index in [0.29, 0.717) is 16.5 Å². The van der Waals surface area contributed by atoms with Crippen molar-refractivity contribution in [3.63, 3.8) is 0 Å². The van der Waals surface area contributed by atoms with E-state index in [0.717, 1.165) is 29.5 Å². The standard InChI is InChI=1S/C21H22N6O5S/c1-12-5-4-6-14(9-12)20(30)22-13(2)19-24-25-21(26(19)3)33-11-18(29)23-15-7-8-17(28)16(10-15)27(31)32/h4-10,13,28H,11H2,1-3H3,(H,22,30)(H,23,29)/t13-/m1/s1. The Morgan fingerprint density at radius 3 is 2.70 bits per heavy atom. The number of phenols is 1. The number of aromatic nitrogens is 3. The zero-order valence-electron chi connectivity index (χ0n) is 18.1. The number of nitro groups is 1. The molecule has 1 aromatic heterocycles. The first-order valence-corrected chi connectivity index (χ1v) is 10.8. The lowest BCUT2D eigenvalue weighted by atomic mass is 10.1. The fourth-order valence-electron chi connectivity index (χ4n) is 3.03. The van der Waals surface area contributed by atoms with Gasteiger partial charge < -0.3 is 20.3 Å². The van der Waals surface area contributed by atoms with Crippen molar-refractivity contribution >= 4 is 35.0 Å². The first-order valence-electron chi connectivity index (χ1n) is 9.82. The predicted molar refractivity (Wildman–Crippen MR) is 122 cm³/mol. The molecule has 2 aromatic carbocycles. The van der Waals surface area contributed by atoms with Crippen LogP contribution in [0.25, 0.3) is 0 Å². The third kappa shape index (κ3) is 5.86. The van der Waals surface area contributed by atoms with E-state index >= 15 is 0 Å². The molecule has 172 valence electrons. The van der Waals surface area contributed by atoms with Crippen molar-refractivity contribution in [3.05, 3.63) is 69.5 Å². The number of rotatable bonds is 8. The average Bonchev–Trinajstić information content (AvgIpc) is 3.13. The third-order valence-electron chi connectivity index (χ3n) is 4.67. The quantitative estimate of drug-likeness (QED) is 0.197. The van der Waals surface area contributed by atoms with Gasteiger partial charge in [0.25, 0.3) is 5.91 Å². The molecule has 3 N–H and O–H groups in total. The number of carbonyl (C=O) groups is 2. The molecule has 0 aliphatic carbocycles. The Morgan fingerprint density at radius 2 is 2.00 bits per heavy atom. The van der Waals surface area contributed by atoms with Crippen LogP contribution in [0.1, 0.15) is 34.7 Å². The fourth-order valence-corrected chi connectivity index (χ4v) is 3.75. The van der Waals surface area contributed by atoms with Crippen LogP contribution < -0.4 is 10.6 Å². The van der Waals surface area contributed by atoms with Crippen LogP contribution in [0, 0.1) is 17.0 Å². The van der Waals surface area contributed by atoms with E-state index in [-0.39, 0.29) is 17.3 Å². The van der Waals surface area contributed by atoms with Crippen molar-refractivity contribution in [1.29, 1.82) is 0 Å². The monoisotopic (exact) mass is 470 g/mol. The molecule has 0 saturated carbocycles. The predicted octanol–water partition coefficient (Wildman–Crippen LogP) is 2.96. The number of carbonyl (C=O) groups excluding carboxylic acids is 2. The topological polar surface area (TPSA) is 152 Å². The number of anilines is 1. The van der Waals surface area contributed by atoms with Gasteiger partial charge in [0, 0.05) is 24.4 Å². The molecule has 0 radical (unpaired) electrons. The molecule has 12 heteroatoms. The van der Waals surface area contributed by atoms with Gasteiger partial charge in [-0.1, -0.05) is 29.5 Å². The van der Waals surface area contributed by atoms with Crippen LogP contribution in [-0.4, -0.2) is 42.4 Å². The normalized spacial score (nSPS) is 11.6. The largest absolute Gasteiger partial charge is 0.502 e. The minimum atomic E-state index is -0.736. The van der Waals surface area contributed by atoms with Gasteiger partial charge in [0.15, 0.2) is 16.7 Å². The number of phenolic OH excluding ortho intramolecular Hbond substituents is 1. The Bertz CT molecular complexity index is 1210. The smallest absolute Gasteiger partial charge is 0.312 e. The van der Waals surface area contributed by atoms with Gasteiger partial charge in [0.2, 0.25) is 5.91 Å². The zero-order chi connectivity index (χ0) is 24.1. The highest BCUT2D eigenvalue weighted by Crippen LogP contribution is 2.28. The molecule has 33 heavy (non-hydrogen) atoms. The van der Waals surface area contributed by atoms with Crippen LogP contribution in [-0.2, 0) is 11.8 Å². The highest BCUT2D eigenvalue weighted by atomic mass is 32.2. The number of nitro benzene ring substituents is 1. The Labute approximate surface area is 193 Å². The molecular weight excluding hydrogens is 448 g/mol. The van der Waals surface area contributed by atoms with Gasteiger partial charge in [-0.3, -0.25) is 19.7 Å². The minimum absolute atomic E-state index is 0.0231. The molecule has 0 aliphatic rings. The lowest BCUT2D eigenvalue weighted by Gasteiger charge is -2.14. The molecule has 0 bridgehead atoms. The lowest BCUT2D eigenvalue weighted by Crippen LogP contribution is -2.28. The molecule has 0 spiro atoms. The van der Waals surface area contributed by atoms with Crippen LogP contribution >= 0.6 is 11.8 Å². The van der Waals surface area contributed by atoms with Gasteiger partial charge in [0.05, 0.1) is 16.7 Å². The summed E-state index contributed by atoms with van der Waals surface area (Å²) in [6, 6.07) is 10.4. The van der Waals surface area contributed by atoms with E-state index in [1.165, 1.54) is 6.07 Å². The Hall–Kier alpha value is -3.93. The summed E-state index contributed by atoms with van der Waals surface area (Å²) in [7, 11) is 1.73. The van der Waals surface area contributed by atoms with Crippen molar-refractivity contribution < 1.29 is 19.6 Å². The molecular formula is C21H22N6O5S. The molecule has 0 aliphatic heterocycles. The molecule has 3 aromatic rings. The van der Waals surface area contributed by atoms with Crippen molar-refractivity contribution in [2.45, 2.75) is 25.0 Å². The molecule has 0 fully saturated rings. The van der Waals surface area contributed by atoms with Crippen molar-refractivity contribution in [1.82, 2.24) is 20.1 Å². The summed E-state index contributed by atoms with van der Waals surface area (Å²) < 4.78 is 1.69. The van der Waals surface area contributed by atoms with Gasteiger partial charge in [-0.05, 0) is 38.1 Å². The number of thioether (sulfide) groups is 1. The molecule has 3 rings (SSSR count). The van der Waals surface area contributed by atoms with Crippen molar-refractivity contribution in [2.24, 2.45) is 7.05 Å². The lowest BCUT2D eigenvalue weighted by molar-refractivity contribution is -0.385. The Balaban J connectivity index is 1.59. The number of aromatic hydroxyl groups is 1. The number of hydrogen-bond donors (Lipinski definition) is 3. The summed E-state index contributed by atoms with van der Waals surface area (Å²) in [4.78, 5) is 34.9. The van der Waals surface area contributed by atoms with Gasteiger partial charge >= 0.3 is 5.69 Å². The number of hydrogen-bond acceptors (Lipinski definition) is 8.